The molecule has 0 aromatic carbocycles. The summed E-state index contributed by atoms with van der Waals surface area (Å²) >= 11 is 0. The summed E-state index contributed by atoms with van der Waals surface area (Å²) in [6, 6.07) is 4.14. The molecule has 0 unspecified atom stereocenters. The van der Waals surface area contributed by atoms with Gasteiger partial charge in [-0.3, -0.25) is 0 Å². The minimum Gasteiger partial charge on any atom is -0.120 e. The van der Waals surface area contributed by atoms with E-state index >= 15 is 0 Å². The average molecular weight is 222 g/mol. The fourth-order valence-corrected chi connectivity index (χ4v) is 9.00. The maximum atomic E-state index is 5.94. The van der Waals surface area contributed by atoms with Gasteiger partial charge in [-0.15, -0.1) is 12.3 Å². The van der Waals surface area contributed by atoms with Gasteiger partial charge in [0.1, 0.15) is 0 Å². The topological polar surface area (TPSA) is 0 Å². The van der Waals surface area contributed by atoms with Crippen LogP contribution in [0.5, 0.6) is 0 Å². The molecule has 0 amide bonds. The van der Waals surface area contributed by atoms with Crippen molar-refractivity contribution in [3.05, 3.63) is 0 Å². The van der Waals surface area contributed by atoms with Gasteiger partial charge in [-0.25, -0.2) is 0 Å². The molecule has 0 nitrogen and oxygen atoms in total. The van der Waals surface area contributed by atoms with E-state index in [9.17, 15) is 0 Å². The lowest BCUT2D eigenvalue weighted by atomic mass is 9.89. The first kappa shape index (κ1) is 12.8. The van der Waals surface area contributed by atoms with E-state index in [0.717, 1.165) is 0 Å². The van der Waals surface area contributed by atoms with Gasteiger partial charge >= 0.3 is 0 Å². The summed E-state index contributed by atoms with van der Waals surface area (Å²) in [6.07, 6.45) is 12.7. The van der Waals surface area contributed by atoms with Crippen LogP contribution in [0.15, 0.2) is 0 Å². The molecular formula is C14H26Si. The van der Waals surface area contributed by atoms with Crippen molar-refractivity contribution in [1.29, 1.82) is 0 Å². The summed E-state index contributed by atoms with van der Waals surface area (Å²) in [6.45, 7) is 7.15. The van der Waals surface area contributed by atoms with Crippen LogP contribution in [0.2, 0.25) is 23.2 Å². The fraction of sp³-hybridized carbons (Fsp3) is 0.857. The van der Waals surface area contributed by atoms with Crippen LogP contribution >= 0.6 is 0 Å². The highest BCUT2D eigenvalue weighted by atomic mass is 28.3. The smallest absolute Gasteiger partial charge is 0.0734 e. The molecule has 1 fully saturated rings. The molecule has 1 rings (SSSR count). The minimum atomic E-state index is -1.20. The first-order chi connectivity index (χ1) is 7.20. The van der Waals surface area contributed by atoms with Crippen LogP contribution < -0.4 is 0 Å². The zero-order chi connectivity index (χ0) is 11.4. The van der Waals surface area contributed by atoms with Crippen molar-refractivity contribution in [2.75, 3.05) is 0 Å². The molecule has 0 spiro atoms. The van der Waals surface area contributed by atoms with E-state index in [4.69, 9.17) is 6.42 Å². The van der Waals surface area contributed by atoms with E-state index in [1.54, 1.807) is 0 Å². The van der Waals surface area contributed by atoms with Gasteiger partial charge in [-0.2, -0.15) is 0 Å². The number of hydrogen-bond acceptors (Lipinski definition) is 0. The summed E-state index contributed by atoms with van der Waals surface area (Å²) in [7, 11) is -1.20. The maximum Gasteiger partial charge on any atom is 0.0734 e. The summed E-state index contributed by atoms with van der Waals surface area (Å²) in [5, 5.41) is 0.351. The van der Waals surface area contributed by atoms with E-state index in [2.05, 4.69) is 26.7 Å². The quantitative estimate of drug-likeness (QED) is 0.472. The molecule has 1 aliphatic carbocycles. The number of rotatable bonds is 4. The Hall–Kier alpha value is -0.223. The largest absolute Gasteiger partial charge is 0.120 e. The molecule has 0 bridgehead atoms. The third kappa shape index (κ3) is 2.02. The van der Waals surface area contributed by atoms with Crippen LogP contribution in [0.3, 0.4) is 0 Å². The molecule has 1 aliphatic rings. The van der Waals surface area contributed by atoms with Crippen molar-refractivity contribution in [2.45, 2.75) is 76.0 Å². The second kappa shape index (κ2) is 5.21. The van der Waals surface area contributed by atoms with Crippen molar-refractivity contribution in [3.8, 4) is 12.3 Å². The zero-order valence-corrected chi connectivity index (χ0v) is 11.7. The Bertz CT molecular complexity index is 218. The first-order valence-corrected chi connectivity index (χ1v) is 9.30. The van der Waals surface area contributed by atoms with Crippen LogP contribution in [0.4, 0.5) is 0 Å². The Morgan fingerprint density at radius 3 is 1.80 bits per heavy atom. The van der Waals surface area contributed by atoms with E-state index < -0.39 is 8.07 Å². The molecule has 0 heterocycles. The van der Waals surface area contributed by atoms with Gasteiger partial charge in [0.25, 0.3) is 0 Å². The second-order valence-corrected chi connectivity index (χ2v) is 10.8. The summed E-state index contributed by atoms with van der Waals surface area (Å²) in [5.41, 5.74) is 0. The zero-order valence-electron chi connectivity index (χ0n) is 10.7. The minimum absolute atomic E-state index is 0.351. The molecule has 86 valence electrons. The van der Waals surface area contributed by atoms with Gasteiger partial charge in [-0.05, 0) is 12.8 Å². The third-order valence-electron chi connectivity index (χ3n) is 5.03. The molecule has 0 aromatic rings. The Kier molecular flexibility index (Phi) is 4.46. The molecule has 1 heteroatoms. The van der Waals surface area contributed by atoms with Crippen molar-refractivity contribution in [2.24, 2.45) is 0 Å². The lowest BCUT2D eigenvalue weighted by Gasteiger charge is -2.48. The van der Waals surface area contributed by atoms with Gasteiger partial charge < -0.3 is 0 Å². The van der Waals surface area contributed by atoms with Gasteiger partial charge in [-0.1, -0.05) is 58.2 Å². The summed E-state index contributed by atoms with van der Waals surface area (Å²) in [5.74, 6) is 3.27. The van der Waals surface area contributed by atoms with Crippen LogP contribution in [0.25, 0.3) is 0 Å². The lowest BCUT2D eigenvalue weighted by Crippen LogP contribution is -2.46. The van der Waals surface area contributed by atoms with E-state index in [-0.39, 0.29) is 0 Å². The Labute approximate surface area is 96.9 Å². The Morgan fingerprint density at radius 2 is 1.47 bits per heavy atom. The predicted octanol–water partition coefficient (Wildman–Crippen LogP) is 4.83. The molecule has 15 heavy (non-hydrogen) atoms. The summed E-state index contributed by atoms with van der Waals surface area (Å²) < 4.78 is 0. The molecule has 0 saturated heterocycles. The predicted molar refractivity (Wildman–Crippen MR) is 71.8 cm³/mol. The SMILES string of the molecule is C#CC1([Si](CC)(CC)CC)CCCCC1. The maximum absolute atomic E-state index is 5.94. The summed E-state index contributed by atoms with van der Waals surface area (Å²) in [4.78, 5) is 0. The molecule has 1 saturated carbocycles. The van der Waals surface area contributed by atoms with Crippen LogP contribution in [-0.4, -0.2) is 8.07 Å². The fourth-order valence-electron chi connectivity index (χ4n) is 3.75. The second-order valence-electron chi connectivity index (χ2n) is 5.13. The molecule has 0 radical (unpaired) electrons. The van der Waals surface area contributed by atoms with Crippen molar-refractivity contribution in [1.82, 2.24) is 0 Å². The highest BCUT2D eigenvalue weighted by Gasteiger charge is 2.48. The van der Waals surface area contributed by atoms with E-state index in [1.165, 1.54) is 50.2 Å². The first-order valence-electron chi connectivity index (χ1n) is 6.68. The van der Waals surface area contributed by atoms with Crippen LogP contribution in [0, 0.1) is 12.3 Å². The molecule has 0 aliphatic heterocycles. The van der Waals surface area contributed by atoms with Gasteiger partial charge in [0.15, 0.2) is 0 Å². The highest BCUT2D eigenvalue weighted by Crippen LogP contribution is 2.54. The van der Waals surface area contributed by atoms with Crippen molar-refractivity contribution in [3.63, 3.8) is 0 Å². The van der Waals surface area contributed by atoms with Crippen LogP contribution in [-0.2, 0) is 0 Å². The Balaban J connectivity index is 3.00. The average Bonchev–Trinajstić information content (AvgIpc) is 2.33. The van der Waals surface area contributed by atoms with E-state index in [1.807, 2.05) is 0 Å². The molecule has 0 N–H and O–H groups in total. The van der Waals surface area contributed by atoms with Crippen LogP contribution in [0.1, 0.15) is 52.9 Å². The van der Waals surface area contributed by atoms with Gasteiger partial charge in [0.2, 0.25) is 0 Å². The molecular weight excluding hydrogens is 196 g/mol. The lowest BCUT2D eigenvalue weighted by molar-refractivity contribution is 0.427. The third-order valence-corrected chi connectivity index (χ3v) is 11.8. The molecule has 0 atom stereocenters. The monoisotopic (exact) mass is 222 g/mol. The normalized spacial score (nSPS) is 20.9. The standard InChI is InChI=1S/C14H26Si/c1-5-14(12-10-9-11-13-14)15(6-2,7-3)8-4/h1H,6-13H2,2-4H3. The van der Waals surface area contributed by atoms with Crippen molar-refractivity contribution < 1.29 is 0 Å². The number of terminal acetylenes is 1. The molecule has 0 aromatic heterocycles. The van der Waals surface area contributed by atoms with Gasteiger partial charge in [0, 0.05) is 5.04 Å². The van der Waals surface area contributed by atoms with Gasteiger partial charge in [0.05, 0.1) is 8.07 Å². The van der Waals surface area contributed by atoms with Crippen molar-refractivity contribution >= 4 is 8.07 Å². The Morgan fingerprint density at radius 1 is 1.00 bits per heavy atom. The van der Waals surface area contributed by atoms with E-state index in [0.29, 0.717) is 5.04 Å². The number of hydrogen-bond donors (Lipinski definition) is 0. The highest BCUT2D eigenvalue weighted by molar-refractivity contribution is 6.83.